The Morgan fingerprint density at radius 1 is 1.14 bits per heavy atom. The van der Waals surface area contributed by atoms with E-state index in [1.807, 2.05) is 0 Å². The number of sulfonamides is 2. The fourth-order valence-corrected chi connectivity index (χ4v) is 6.51. The van der Waals surface area contributed by atoms with Gasteiger partial charge in [-0.05, 0) is 30.7 Å². The highest BCUT2D eigenvalue weighted by Crippen LogP contribution is 2.27. The average molecular weight is 542 g/mol. The lowest BCUT2D eigenvalue weighted by Gasteiger charge is -2.32. The number of hydrogen-bond donors (Lipinski definition) is 2. The molecule has 2 aromatic rings. The van der Waals surface area contributed by atoms with E-state index in [1.54, 1.807) is 0 Å². The van der Waals surface area contributed by atoms with Crippen molar-refractivity contribution in [3.63, 3.8) is 0 Å². The molecule has 2 aromatic carbocycles. The van der Waals surface area contributed by atoms with Crippen molar-refractivity contribution in [2.75, 3.05) is 13.7 Å². The van der Waals surface area contributed by atoms with Gasteiger partial charge in [0.25, 0.3) is 5.69 Å². The van der Waals surface area contributed by atoms with Gasteiger partial charge in [0, 0.05) is 18.2 Å². The molecule has 0 saturated carbocycles. The van der Waals surface area contributed by atoms with Gasteiger partial charge < -0.3 is 14.6 Å². The molecule has 2 unspecified atom stereocenters. The van der Waals surface area contributed by atoms with E-state index in [2.05, 4.69) is 4.72 Å². The van der Waals surface area contributed by atoms with Gasteiger partial charge in [-0.25, -0.2) is 26.4 Å². The van der Waals surface area contributed by atoms with Crippen LogP contribution in [-0.4, -0.2) is 63.3 Å². The molecule has 0 aromatic heterocycles. The number of carboxylic acid groups (broad SMARTS) is 1. The maximum Gasteiger partial charge on any atom is 0.507 e. The van der Waals surface area contributed by atoms with Gasteiger partial charge in [-0.15, -0.1) is 0 Å². The molecule has 15 heteroatoms. The first kappa shape index (κ1) is 27.1. The summed E-state index contributed by atoms with van der Waals surface area (Å²) < 4.78 is 65.5. The Morgan fingerprint density at radius 2 is 1.81 bits per heavy atom. The van der Waals surface area contributed by atoms with Crippen LogP contribution in [0.25, 0.3) is 0 Å². The fourth-order valence-electron chi connectivity index (χ4n) is 3.60. The normalized spacial score (nSPS) is 18.8. The molecule has 0 radical (unpaired) electrons. The summed E-state index contributed by atoms with van der Waals surface area (Å²) in [6.07, 6.45) is -0.775. The quantitative estimate of drug-likeness (QED) is 0.206. The third kappa shape index (κ3) is 6.37. The van der Waals surface area contributed by atoms with Crippen molar-refractivity contribution in [3.8, 4) is 5.75 Å². The van der Waals surface area contributed by atoms with Crippen LogP contribution in [-0.2, 0) is 30.5 Å². The van der Waals surface area contributed by atoms with E-state index in [0.29, 0.717) is 5.75 Å². The molecule has 0 aliphatic carbocycles. The van der Waals surface area contributed by atoms with Crippen molar-refractivity contribution >= 4 is 31.9 Å². The van der Waals surface area contributed by atoms with E-state index in [0.717, 1.165) is 10.4 Å². The second kappa shape index (κ2) is 11.0. The molecule has 36 heavy (non-hydrogen) atoms. The van der Waals surface area contributed by atoms with E-state index < -0.39 is 54.8 Å². The van der Waals surface area contributed by atoms with Gasteiger partial charge in [0.15, 0.2) is 6.23 Å². The van der Waals surface area contributed by atoms with Crippen LogP contribution in [0.15, 0.2) is 65.6 Å². The lowest BCUT2D eigenvalue weighted by molar-refractivity contribution is -0.385. The van der Waals surface area contributed by atoms with E-state index in [9.17, 15) is 36.9 Å². The van der Waals surface area contributed by atoms with Gasteiger partial charge in [0.2, 0.25) is 20.0 Å². The number of hydrogen-bond acceptors (Lipinski definition) is 9. The van der Waals surface area contributed by atoms with Crippen molar-refractivity contribution in [3.05, 3.63) is 76.4 Å². The largest absolute Gasteiger partial charge is 0.507 e. The number of nitro groups is 1. The number of methoxy groups -OCH3 is 1. The summed E-state index contributed by atoms with van der Waals surface area (Å²) >= 11 is 0. The zero-order chi connectivity index (χ0) is 26.5. The molecule has 194 valence electrons. The topological polar surface area (TPSA) is 182 Å². The van der Waals surface area contributed by atoms with Crippen LogP contribution in [0.3, 0.4) is 0 Å². The highest BCUT2D eigenvalue weighted by molar-refractivity contribution is 7.89. The summed E-state index contributed by atoms with van der Waals surface area (Å²) in [6.45, 7) is -0.297. The lowest BCUT2D eigenvalue weighted by atomic mass is 10.2. The number of para-hydroxylation sites is 1. The summed E-state index contributed by atoms with van der Waals surface area (Å²) in [4.78, 5) is 21.8. The Bertz CT molecular complexity index is 1360. The van der Waals surface area contributed by atoms with Crippen molar-refractivity contribution in [1.82, 2.24) is 9.03 Å². The lowest BCUT2D eigenvalue weighted by Crippen LogP contribution is -2.54. The van der Waals surface area contributed by atoms with Gasteiger partial charge in [0.1, 0.15) is 5.75 Å². The summed E-state index contributed by atoms with van der Waals surface area (Å²) in [6, 6.07) is 9.21. The Hall–Kier alpha value is -3.53. The molecule has 1 aliphatic rings. The predicted molar refractivity (Wildman–Crippen MR) is 126 cm³/mol. The molecule has 2 atom stereocenters. The molecule has 0 saturated heterocycles. The molecule has 0 fully saturated rings. The zero-order valence-corrected chi connectivity index (χ0v) is 20.5. The number of nitrogens with zero attached hydrogens (tertiary/aromatic N) is 2. The molecule has 1 heterocycles. The summed E-state index contributed by atoms with van der Waals surface area (Å²) in [7, 11) is -7.27. The van der Waals surface area contributed by atoms with E-state index >= 15 is 0 Å². The van der Waals surface area contributed by atoms with Gasteiger partial charge in [0.05, 0.1) is 28.7 Å². The van der Waals surface area contributed by atoms with Crippen LogP contribution in [0, 0.1) is 10.1 Å². The predicted octanol–water partition coefficient (Wildman–Crippen LogP) is 2.06. The first-order chi connectivity index (χ1) is 16.9. The average Bonchev–Trinajstić information content (AvgIpc) is 3.00. The van der Waals surface area contributed by atoms with Gasteiger partial charge in [-0.3, -0.25) is 10.1 Å². The maximum absolute atomic E-state index is 13.4. The minimum absolute atomic E-state index is 0.0995. The zero-order valence-electron chi connectivity index (χ0n) is 18.9. The molecule has 3 rings (SSSR count). The summed E-state index contributed by atoms with van der Waals surface area (Å²) in [5.74, 6) is -0.404. The second-order valence-corrected chi connectivity index (χ2v) is 11.2. The van der Waals surface area contributed by atoms with Crippen LogP contribution in [0.2, 0.25) is 0 Å². The first-order valence-electron chi connectivity index (χ1n) is 10.4. The molecule has 0 bridgehead atoms. The molecular formula is C21H23N3O10S2. The minimum atomic E-state index is -4.36. The van der Waals surface area contributed by atoms with Gasteiger partial charge >= 0.3 is 6.16 Å². The van der Waals surface area contributed by atoms with Crippen LogP contribution < -0.4 is 9.46 Å². The SMILES string of the molecule is COc1ccc(S(=O)(=O)N2CC=CCC(NS(=O)(=O)Cc3ccccc3[N+](=O)[O-])C2OC(=O)O)cc1. The highest BCUT2D eigenvalue weighted by Gasteiger charge is 2.41. The third-order valence-electron chi connectivity index (χ3n) is 5.22. The fraction of sp³-hybridized carbons (Fsp3) is 0.286. The number of benzene rings is 2. The molecule has 2 N–H and O–H groups in total. The summed E-state index contributed by atoms with van der Waals surface area (Å²) in [5, 5.41) is 20.6. The number of ether oxygens (including phenoxy) is 2. The van der Waals surface area contributed by atoms with Crippen LogP contribution in [0.1, 0.15) is 12.0 Å². The summed E-state index contributed by atoms with van der Waals surface area (Å²) in [5.41, 5.74) is -0.511. The Labute approximate surface area is 207 Å². The van der Waals surface area contributed by atoms with E-state index in [-0.39, 0.29) is 23.4 Å². The van der Waals surface area contributed by atoms with Gasteiger partial charge in [-0.2, -0.15) is 4.31 Å². The Morgan fingerprint density at radius 3 is 2.42 bits per heavy atom. The van der Waals surface area contributed by atoms with Crippen molar-refractivity contribution in [2.24, 2.45) is 0 Å². The Kier molecular flexibility index (Phi) is 8.29. The number of nitrogens with one attached hydrogen (secondary N) is 1. The van der Waals surface area contributed by atoms with Crippen LogP contribution in [0.5, 0.6) is 5.75 Å². The Balaban J connectivity index is 1.95. The van der Waals surface area contributed by atoms with Crippen molar-refractivity contribution < 1.29 is 41.1 Å². The van der Waals surface area contributed by atoms with Crippen molar-refractivity contribution in [1.29, 1.82) is 0 Å². The second-order valence-electron chi connectivity index (χ2n) is 7.60. The van der Waals surface area contributed by atoms with E-state index in [4.69, 9.17) is 9.47 Å². The molecule has 0 amide bonds. The standard InChI is InChI=1S/C21H23N3O10S2/c1-33-16-9-11-17(12-10-16)36(31,32)23-13-5-4-7-18(20(23)34-21(25)26)22-35(29,30)14-15-6-2-3-8-19(15)24(27)28/h2-6,8-12,18,20,22H,7,13-14H2,1H3,(H,25,26). The number of nitro benzene ring substituents is 1. The molecule has 13 nitrogen and oxygen atoms in total. The molecule has 1 aliphatic heterocycles. The smallest absolute Gasteiger partial charge is 0.497 e. The monoisotopic (exact) mass is 541 g/mol. The molecule has 0 spiro atoms. The van der Waals surface area contributed by atoms with Crippen molar-refractivity contribution in [2.45, 2.75) is 29.3 Å². The number of carbonyl (C=O) groups is 1. The minimum Gasteiger partial charge on any atom is -0.497 e. The first-order valence-corrected chi connectivity index (χ1v) is 13.5. The van der Waals surface area contributed by atoms with Gasteiger partial charge in [-0.1, -0.05) is 30.4 Å². The maximum atomic E-state index is 13.4. The number of rotatable bonds is 9. The van der Waals surface area contributed by atoms with E-state index in [1.165, 1.54) is 61.7 Å². The highest BCUT2D eigenvalue weighted by atomic mass is 32.2. The third-order valence-corrected chi connectivity index (χ3v) is 8.42. The van der Waals surface area contributed by atoms with Crippen LogP contribution >= 0.6 is 0 Å². The van der Waals surface area contributed by atoms with Crippen LogP contribution in [0.4, 0.5) is 10.5 Å². The molecular weight excluding hydrogens is 518 g/mol.